The lowest BCUT2D eigenvalue weighted by atomic mass is 10.2. The van der Waals surface area contributed by atoms with Gasteiger partial charge in [0, 0.05) is 26.2 Å². The third kappa shape index (κ3) is 1.59. The smallest absolute Gasteiger partial charge is 0.170 e. The Morgan fingerprint density at radius 1 is 1.14 bits per heavy atom. The molecule has 0 bridgehead atoms. The lowest BCUT2D eigenvalue weighted by Crippen LogP contribution is -2.34. The number of nitrogens with zero attached hydrogens (tertiary/aromatic N) is 1. The Bertz CT molecular complexity index is 243. The minimum absolute atomic E-state index is 0.0167. The highest BCUT2D eigenvalue weighted by atomic mass is 16.7. The van der Waals surface area contributed by atoms with Crippen LogP contribution in [0.15, 0.2) is 11.1 Å². The molecule has 1 fully saturated rings. The van der Waals surface area contributed by atoms with Crippen molar-refractivity contribution in [3.05, 3.63) is 11.1 Å². The van der Waals surface area contributed by atoms with Crippen LogP contribution in [0.3, 0.4) is 0 Å². The van der Waals surface area contributed by atoms with E-state index in [1.54, 1.807) is 11.1 Å². The van der Waals surface area contributed by atoms with Gasteiger partial charge in [-0.1, -0.05) is 0 Å². The maximum atomic E-state index is 5.44. The molecule has 0 unspecified atom stereocenters. The van der Waals surface area contributed by atoms with E-state index >= 15 is 0 Å². The fourth-order valence-corrected chi connectivity index (χ4v) is 2.40. The lowest BCUT2D eigenvalue weighted by molar-refractivity contribution is -0.0583. The van der Waals surface area contributed by atoms with Crippen LogP contribution in [0, 0.1) is 0 Å². The van der Waals surface area contributed by atoms with Crippen molar-refractivity contribution in [2.75, 3.05) is 45.9 Å². The number of ether oxygens (including phenoxy) is 2. The van der Waals surface area contributed by atoms with Crippen LogP contribution in [0.5, 0.6) is 0 Å². The van der Waals surface area contributed by atoms with Gasteiger partial charge in [-0.3, -0.25) is 4.90 Å². The highest BCUT2D eigenvalue weighted by Crippen LogP contribution is 2.21. The third-order valence-electron chi connectivity index (χ3n) is 3.10. The van der Waals surface area contributed by atoms with Crippen molar-refractivity contribution in [2.24, 2.45) is 0 Å². The van der Waals surface area contributed by atoms with Gasteiger partial charge in [0.25, 0.3) is 0 Å². The second-order valence-corrected chi connectivity index (χ2v) is 4.15. The predicted octanol–water partition coefficient (Wildman–Crippen LogP) is -0.425. The van der Waals surface area contributed by atoms with Gasteiger partial charge in [0.1, 0.15) is 0 Å². The van der Waals surface area contributed by atoms with E-state index in [1.165, 1.54) is 0 Å². The highest BCUT2D eigenvalue weighted by Gasteiger charge is 2.28. The quantitative estimate of drug-likeness (QED) is 0.608. The first-order valence-corrected chi connectivity index (χ1v) is 5.28. The molecule has 0 aromatic rings. The van der Waals surface area contributed by atoms with Crippen LogP contribution in [0.1, 0.15) is 0 Å². The Morgan fingerprint density at radius 2 is 1.79 bits per heavy atom. The molecule has 3 heterocycles. The highest BCUT2D eigenvalue weighted by molar-refractivity contribution is 5.29. The van der Waals surface area contributed by atoms with Crippen molar-refractivity contribution in [3.63, 3.8) is 0 Å². The summed E-state index contributed by atoms with van der Waals surface area (Å²) in [6.45, 7) is 6.81. The maximum absolute atomic E-state index is 5.44. The zero-order chi connectivity index (χ0) is 9.38. The van der Waals surface area contributed by atoms with Crippen LogP contribution in [-0.4, -0.2) is 57.1 Å². The summed E-state index contributed by atoms with van der Waals surface area (Å²) in [6, 6.07) is 0. The van der Waals surface area contributed by atoms with Crippen LogP contribution >= 0.6 is 0 Å². The van der Waals surface area contributed by atoms with Gasteiger partial charge in [0.15, 0.2) is 6.29 Å². The fourth-order valence-electron chi connectivity index (χ4n) is 2.40. The summed E-state index contributed by atoms with van der Waals surface area (Å²) in [6.07, 6.45) is 0.0167. The molecule has 1 N–H and O–H groups in total. The molecule has 3 rings (SSSR count). The summed E-state index contributed by atoms with van der Waals surface area (Å²) in [5.74, 6) is 0. The molecule has 4 heteroatoms. The van der Waals surface area contributed by atoms with Crippen molar-refractivity contribution in [1.29, 1.82) is 0 Å². The zero-order valence-corrected chi connectivity index (χ0v) is 8.29. The number of nitrogens with one attached hydrogen (secondary N) is 1. The topological polar surface area (TPSA) is 33.7 Å². The predicted molar refractivity (Wildman–Crippen MR) is 52.0 cm³/mol. The van der Waals surface area contributed by atoms with Gasteiger partial charge in [-0.25, -0.2) is 0 Å². The monoisotopic (exact) mass is 196 g/mol. The average Bonchev–Trinajstić information content (AvgIpc) is 2.78. The Labute approximate surface area is 83.9 Å². The van der Waals surface area contributed by atoms with Gasteiger partial charge in [-0.2, -0.15) is 0 Å². The van der Waals surface area contributed by atoms with E-state index in [4.69, 9.17) is 9.47 Å². The second kappa shape index (κ2) is 3.62. The maximum Gasteiger partial charge on any atom is 0.170 e. The Morgan fingerprint density at radius 3 is 2.43 bits per heavy atom. The van der Waals surface area contributed by atoms with Crippen molar-refractivity contribution < 1.29 is 9.47 Å². The molecule has 78 valence electrons. The first-order valence-electron chi connectivity index (χ1n) is 5.28. The van der Waals surface area contributed by atoms with Gasteiger partial charge < -0.3 is 14.8 Å². The van der Waals surface area contributed by atoms with Crippen molar-refractivity contribution in [1.82, 2.24) is 10.2 Å². The van der Waals surface area contributed by atoms with E-state index in [1.807, 2.05) is 0 Å². The number of hydrogen-bond donors (Lipinski definition) is 1. The SMILES string of the molecule is C1COC(CN2CC3=C(CNC3)C2)O1. The molecular formula is C10H16N2O2. The molecule has 3 aliphatic heterocycles. The summed E-state index contributed by atoms with van der Waals surface area (Å²) < 4.78 is 10.9. The average molecular weight is 196 g/mol. The van der Waals surface area contributed by atoms with Crippen LogP contribution in [0.25, 0.3) is 0 Å². The Kier molecular flexibility index (Phi) is 2.29. The molecule has 0 spiro atoms. The molecule has 0 radical (unpaired) electrons. The molecule has 0 saturated carbocycles. The largest absolute Gasteiger partial charge is 0.349 e. The summed E-state index contributed by atoms with van der Waals surface area (Å²) in [5, 5.41) is 3.38. The van der Waals surface area contributed by atoms with Gasteiger partial charge in [-0.05, 0) is 11.1 Å². The Hall–Kier alpha value is -0.420. The van der Waals surface area contributed by atoms with E-state index in [-0.39, 0.29) is 6.29 Å². The summed E-state index contributed by atoms with van der Waals surface area (Å²) in [5.41, 5.74) is 3.17. The van der Waals surface area contributed by atoms with Gasteiger partial charge >= 0.3 is 0 Å². The molecule has 0 aromatic carbocycles. The van der Waals surface area contributed by atoms with Gasteiger partial charge in [0.2, 0.25) is 0 Å². The molecule has 0 aliphatic carbocycles. The van der Waals surface area contributed by atoms with Crippen LogP contribution < -0.4 is 5.32 Å². The van der Waals surface area contributed by atoms with E-state index < -0.39 is 0 Å². The Balaban J connectivity index is 1.52. The van der Waals surface area contributed by atoms with E-state index in [2.05, 4.69) is 10.2 Å². The van der Waals surface area contributed by atoms with Crippen molar-refractivity contribution in [3.8, 4) is 0 Å². The third-order valence-corrected chi connectivity index (χ3v) is 3.10. The molecule has 0 amide bonds. The molecule has 0 aromatic heterocycles. The van der Waals surface area contributed by atoms with Crippen LogP contribution in [-0.2, 0) is 9.47 Å². The molecule has 1 saturated heterocycles. The minimum Gasteiger partial charge on any atom is -0.349 e. The lowest BCUT2D eigenvalue weighted by Gasteiger charge is -2.20. The minimum atomic E-state index is 0.0167. The van der Waals surface area contributed by atoms with Gasteiger partial charge in [0.05, 0.1) is 19.8 Å². The van der Waals surface area contributed by atoms with Crippen LogP contribution in [0.4, 0.5) is 0 Å². The fraction of sp³-hybridized carbons (Fsp3) is 0.800. The van der Waals surface area contributed by atoms with E-state index in [0.29, 0.717) is 0 Å². The standard InChI is InChI=1S/C10H16N2O2/c1-2-14-10(13-1)7-12-5-8-3-11-4-9(8)6-12/h10-11H,1-7H2. The second-order valence-electron chi connectivity index (χ2n) is 4.15. The summed E-state index contributed by atoms with van der Waals surface area (Å²) in [4.78, 5) is 2.42. The molecule has 4 nitrogen and oxygen atoms in total. The van der Waals surface area contributed by atoms with Crippen LogP contribution in [0.2, 0.25) is 0 Å². The first kappa shape index (κ1) is 8.85. The van der Waals surface area contributed by atoms with Crippen molar-refractivity contribution >= 4 is 0 Å². The molecule has 0 atom stereocenters. The first-order chi connectivity index (χ1) is 6.92. The van der Waals surface area contributed by atoms with E-state index in [0.717, 1.165) is 45.9 Å². The summed E-state index contributed by atoms with van der Waals surface area (Å²) >= 11 is 0. The number of rotatable bonds is 2. The molecule has 14 heavy (non-hydrogen) atoms. The molecule has 3 aliphatic rings. The van der Waals surface area contributed by atoms with Gasteiger partial charge in [-0.15, -0.1) is 0 Å². The number of hydrogen-bond acceptors (Lipinski definition) is 4. The van der Waals surface area contributed by atoms with Crippen molar-refractivity contribution in [2.45, 2.75) is 6.29 Å². The normalized spacial score (nSPS) is 29.1. The van der Waals surface area contributed by atoms with E-state index in [9.17, 15) is 0 Å². The summed E-state index contributed by atoms with van der Waals surface area (Å²) in [7, 11) is 0. The molecular weight excluding hydrogens is 180 g/mol. The zero-order valence-electron chi connectivity index (χ0n) is 8.29.